The van der Waals surface area contributed by atoms with E-state index < -0.39 is 0 Å². The van der Waals surface area contributed by atoms with Gasteiger partial charge in [0, 0.05) is 18.7 Å². The first-order valence-corrected chi connectivity index (χ1v) is 21.2. The molecule has 11 nitrogen and oxygen atoms in total. The van der Waals surface area contributed by atoms with Crippen LogP contribution in [0.3, 0.4) is 0 Å². The van der Waals surface area contributed by atoms with Crippen molar-refractivity contribution in [2.75, 3.05) is 33.2 Å². The predicted octanol–water partition coefficient (Wildman–Crippen LogP) is 6.83. The van der Waals surface area contributed by atoms with Crippen LogP contribution in [0, 0.1) is 0 Å². The van der Waals surface area contributed by atoms with E-state index in [-0.39, 0.29) is 35.9 Å². The van der Waals surface area contributed by atoms with Gasteiger partial charge in [-0.1, -0.05) is 43.2 Å². The van der Waals surface area contributed by atoms with Crippen molar-refractivity contribution in [2.24, 2.45) is 0 Å². The van der Waals surface area contributed by atoms with Gasteiger partial charge in [0.2, 0.25) is 18.2 Å². The fourth-order valence-corrected chi connectivity index (χ4v) is 11.4. The summed E-state index contributed by atoms with van der Waals surface area (Å²) in [5.41, 5.74) is 15.8. The van der Waals surface area contributed by atoms with Crippen LogP contribution in [-0.2, 0) is 39.1 Å². The summed E-state index contributed by atoms with van der Waals surface area (Å²) in [6.07, 6.45) is 16.8. The fraction of sp³-hybridized carbons (Fsp3) is 0.457. The van der Waals surface area contributed by atoms with Crippen LogP contribution in [0.4, 0.5) is 0 Å². The zero-order valence-electron chi connectivity index (χ0n) is 32.9. The molecule has 1 saturated carbocycles. The highest BCUT2D eigenvalue weighted by molar-refractivity contribution is 5.88. The maximum absolute atomic E-state index is 12.9. The predicted molar refractivity (Wildman–Crippen MR) is 220 cm³/mol. The van der Waals surface area contributed by atoms with Gasteiger partial charge in [0.05, 0.1) is 48.1 Å². The lowest BCUT2D eigenvalue weighted by Gasteiger charge is -2.28. The van der Waals surface area contributed by atoms with Gasteiger partial charge in [-0.05, 0) is 140 Å². The van der Waals surface area contributed by atoms with Crippen molar-refractivity contribution >= 4 is 29.3 Å². The average molecular weight is 765 g/mol. The van der Waals surface area contributed by atoms with Gasteiger partial charge in [0.25, 0.3) is 0 Å². The van der Waals surface area contributed by atoms with Crippen LogP contribution in [0.25, 0.3) is 44.5 Å². The zero-order chi connectivity index (χ0) is 38.7. The fourth-order valence-electron chi connectivity index (χ4n) is 11.4. The Bertz CT molecular complexity index is 2390. The molecule has 5 aliphatic rings. The number of nitrogens with one attached hydrogen (secondary N) is 4. The molecule has 11 heteroatoms. The van der Waals surface area contributed by atoms with Crippen LogP contribution in [0.1, 0.15) is 110 Å². The van der Waals surface area contributed by atoms with Gasteiger partial charge in [-0.3, -0.25) is 14.4 Å². The number of hydrogen-bond donors (Lipinski definition) is 4. The Hall–Kier alpha value is -5.29. The molecule has 3 fully saturated rings. The highest BCUT2D eigenvalue weighted by Crippen LogP contribution is 2.56. The minimum atomic E-state index is -0.108. The summed E-state index contributed by atoms with van der Waals surface area (Å²) < 4.78 is 0. The molecule has 1 unspecified atom stereocenters. The molecule has 5 aromatic rings. The Morgan fingerprint density at radius 1 is 0.772 bits per heavy atom. The summed E-state index contributed by atoms with van der Waals surface area (Å²) >= 11 is 0. The van der Waals surface area contributed by atoms with Crippen molar-refractivity contribution < 1.29 is 14.4 Å². The average Bonchev–Trinajstić information content (AvgIpc) is 4.08. The number of benzene rings is 3. The number of nitrogens with zero attached hydrogens (tertiary/aromatic N) is 4. The molecule has 3 aliphatic carbocycles. The maximum atomic E-state index is 12.9. The van der Waals surface area contributed by atoms with E-state index in [2.05, 4.69) is 63.1 Å². The van der Waals surface area contributed by atoms with E-state index in [0.29, 0.717) is 19.5 Å². The van der Waals surface area contributed by atoms with Crippen molar-refractivity contribution in [2.45, 2.75) is 101 Å². The van der Waals surface area contributed by atoms with Gasteiger partial charge in [0.1, 0.15) is 11.6 Å². The van der Waals surface area contributed by atoms with Crippen LogP contribution in [-0.4, -0.2) is 81.2 Å². The summed E-state index contributed by atoms with van der Waals surface area (Å²) in [5, 5.41) is 5.54. The van der Waals surface area contributed by atoms with E-state index >= 15 is 0 Å². The lowest BCUT2D eigenvalue weighted by Crippen LogP contribution is -2.37. The van der Waals surface area contributed by atoms with Gasteiger partial charge in [0.15, 0.2) is 0 Å². The molecule has 1 spiro atoms. The number of aromatic amines is 2. The van der Waals surface area contributed by atoms with E-state index in [1.165, 1.54) is 76.6 Å². The van der Waals surface area contributed by atoms with E-state index in [0.717, 1.165) is 86.3 Å². The van der Waals surface area contributed by atoms with Crippen molar-refractivity contribution in [3.8, 4) is 33.5 Å². The van der Waals surface area contributed by atoms with Crippen LogP contribution in [0.2, 0.25) is 0 Å². The second-order valence-electron chi connectivity index (χ2n) is 17.0. The van der Waals surface area contributed by atoms with Gasteiger partial charge >= 0.3 is 0 Å². The Labute approximate surface area is 333 Å². The molecule has 4 heterocycles. The Kier molecular flexibility index (Phi) is 9.23. The number of rotatable bonds is 10. The summed E-state index contributed by atoms with van der Waals surface area (Å²) in [5.74, 6) is 1.76. The van der Waals surface area contributed by atoms with Crippen molar-refractivity contribution in [3.63, 3.8) is 0 Å². The summed E-state index contributed by atoms with van der Waals surface area (Å²) in [6, 6.07) is 16.1. The van der Waals surface area contributed by atoms with Crippen LogP contribution in [0.15, 0.2) is 48.7 Å². The third-order valence-electron chi connectivity index (χ3n) is 14.0. The molecule has 2 aliphatic heterocycles. The van der Waals surface area contributed by atoms with Gasteiger partial charge in [-0.25, -0.2) is 9.97 Å². The number of H-pyrrole nitrogens is 2. The number of hydrogen-bond acceptors (Lipinski definition) is 6. The first kappa shape index (κ1) is 36.1. The molecule has 2 aromatic heterocycles. The quantitative estimate of drug-likeness (QED) is 0.115. The molecule has 2 atom stereocenters. The SMILES string of the molecule is CNCC(=O)N1CCCC1c1nc2ccc(-c3ccc(-c4ccc(-c5cnc([C@@H]6CCCN6C(=O)CNC=O)[nH]5)c5c4CCC5)c4c3C3(CCCC3)CC4)cc2[nH]1. The lowest BCUT2D eigenvalue weighted by molar-refractivity contribution is -0.132. The Balaban J connectivity index is 0.997. The number of aromatic nitrogens is 4. The topological polar surface area (TPSA) is 139 Å². The number of imidazole rings is 2. The molecule has 3 amide bonds. The number of likely N-dealkylation sites (N-methyl/N-ethyl adjacent to an activating group) is 1. The number of carbonyl (C=O) groups excluding carboxylic acids is 3. The van der Waals surface area contributed by atoms with E-state index in [1.807, 2.05) is 23.0 Å². The number of likely N-dealkylation sites (tertiary alicyclic amines) is 2. The summed E-state index contributed by atoms with van der Waals surface area (Å²) in [6.45, 7) is 1.80. The smallest absolute Gasteiger partial charge is 0.242 e. The number of carbonyl (C=O) groups is 3. The molecule has 3 aromatic carbocycles. The number of amides is 3. The van der Waals surface area contributed by atoms with Crippen molar-refractivity contribution in [3.05, 3.63) is 82.6 Å². The zero-order valence-corrected chi connectivity index (χ0v) is 32.9. The van der Waals surface area contributed by atoms with Crippen LogP contribution >= 0.6 is 0 Å². The van der Waals surface area contributed by atoms with E-state index in [1.54, 1.807) is 5.56 Å². The summed E-state index contributed by atoms with van der Waals surface area (Å²) in [4.78, 5) is 57.5. The molecular formula is C46H52N8O3. The molecule has 10 rings (SSSR count). The van der Waals surface area contributed by atoms with Crippen molar-refractivity contribution in [1.29, 1.82) is 0 Å². The minimum Gasteiger partial charge on any atom is -0.350 e. The minimum absolute atomic E-state index is 0.00962. The van der Waals surface area contributed by atoms with E-state index in [9.17, 15) is 14.4 Å². The Morgan fingerprint density at radius 2 is 1.46 bits per heavy atom. The highest BCUT2D eigenvalue weighted by atomic mass is 16.2. The molecule has 294 valence electrons. The third-order valence-corrected chi connectivity index (χ3v) is 14.0. The van der Waals surface area contributed by atoms with Crippen LogP contribution < -0.4 is 10.6 Å². The second-order valence-corrected chi connectivity index (χ2v) is 17.0. The lowest BCUT2D eigenvalue weighted by atomic mass is 9.76. The molecule has 2 saturated heterocycles. The van der Waals surface area contributed by atoms with Crippen LogP contribution in [0.5, 0.6) is 0 Å². The second kappa shape index (κ2) is 14.6. The monoisotopic (exact) mass is 764 g/mol. The first-order chi connectivity index (χ1) is 28.0. The molecular weight excluding hydrogens is 713 g/mol. The van der Waals surface area contributed by atoms with Gasteiger partial charge in [-0.2, -0.15) is 0 Å². The standard InChI is InChI=1S/C46H52N8O3/c1-47-25-41(56)54-22-6-10-40(54)45-50-36-16-11-28(23-37(36)51-45)29-12-13-33(35-17-20-46(43(29)35)18-2-3-19-46)32-14-15-34(31-8-4-7-30(31)32)38-24-49-44(52-38)39-9-5-21-53(39)42(57)26-48-27-55/h11-16,23-24,27,39-40,47H,2-10,17-22,25-26H2,1H3,(H,48,55)(H,49,52)(H,50,51)/t39-,40?/m0/s1. The normalized spacial score (nSPS) is 20.9. The third kappa shape index (κ3) is 6.08. The maximum Gasteiger partial charge on any atom is 0.242 e. The largest absolute Gasteiger partial charge is 0.350 e. The molecule has 4 N–H and O–H groups in total. The van der Waals surface area contributed by atoms with E-state index in [4.69, 9.17) is 9.97 Å². The highest BCUT2D eigenvalue weighted by Gasteiger charge is 2.44. The Morgan fingerprint density at radius 3 is 2.21 bits per heavy atom. The van der Waals surface area contributed by atoms with Gasteiger partial charge < -0.3 is 30.4 Å². The molecule has 57 heavy (non-hydrogen) atoms. The summed E-state index contributed by atoms with van der Waals surface area (Å²) in [7, 11) is 1.82. The van der Waals surface area contributed by atoms with Gasteiger partial charge in [-0.15, -0.1) is 0 Å². The molecule has 0 bridgehead atoms. The number of fused-ring (bicyclic) bond motifs is 4. The van der Waals surface area contributed by atoms with Crippen molar-refractivity contribution in [1.82, 2.24) is 40.4 Å². The first-order valence-electron chi connectivity index (χ1n) is 21.2. The molecule has 0 radical (unpaired) electrons.